The Kier molecular flexibility index (Phi) is 4.16. The third-order valence-corrected chi connectivity index (χ3v) is 6.40. The maximum Gasteiger partial charge on any atom is 0.263 e. The molecule has 140 valence electrons. The van der Waals surface area contributed by atoms with Gasteiger partial charge in [-0.05, 0) is 37.1 Å². The molecule has 0 atom stereocenters. The van der Waals surface area contributed by atoms with Gasteiger partial charge < -0.3 is 5.32 Å². The summed E-state index contributed by atoms with van der Waals surface area (Å²) < 4.78 is 1.86. The second-order valence-corrected chi connectivity index (χ2v) is 8.54. The Balaban J connectivity index is 1.40. The minimum Gasteiger partial charge on any atom is -0.354 e. The van der Waals surface area contributed by atoms with Crippen molar-refractivity contribution < 1.29 is 0 Å². The van der Waals surface area contributed by atoms with E-state index in [4.69, 9.17) is 0 Å². The molecule has 4 aromatic rings. The molecule has 0 bridgehead atoms. The number of anilines is 1. The Bertz CT molecular complexity index is 1170. The summed E-state index contributed by atoms with van der Waals surface area (Å²) in [4.78, 5) is 21.2. The van der Waals surface area contributed by atoms with Crippen molar-refractivity contribution in [3.8, 4) is 5.69 Å². The van der Waals surface area contributed by atoms with Crippen molar-refractivity contribution >= 4 is 28.7 Å². The number of thioether (sulfide) groups is 1. The predicted molar refractivity (Wildman–Crippen MR) is 112 cm³/mol. The maximum atomic E-state index is 12.5. The maximum absolute atomic E-state index is 12.5. The molecule has 5 rings (SSSR count). The highest BCUT2D eigenvalue weighted by atomic mass is 32.2. The Labute approximate surface area is 166 Å². The Morgan fingerprint density at radius 2 is 1.79 bits per heavy atom. The van der Waals surface area contributed by atoms with Crippen molar-refractivity contribution in [3.63, 3.8) is 0 Å². The van der Waals surface area contributed by atoms with Crippen LogP contribution in [0.25, 0.3) is 16.7 Å². The molecule has 0 amide bonds. The van der Waals surface area contributed by atoms with Crippen LogP contribution < -0.4 is 10.9 Å². The van der Waals surface area contributed by atoms with E-state index in [1.165, 1.54) is 4.90 Å². The van der Waals surface area contributed by atoms with Gasteiger partial charge in [-0.3, -0.25) is 9.78 Å². The van der Waals surface area contributed by atoms with Crippen molar-refractivity contribution in [2.75, 3.05) is 11.9 Å². The zero-order valence-corrected chi connectivity index (χ0v) is 15.9. The van der Waals surface area contributed by atoms with E-state index in [0.29, 0.717) is 17.0 Å². The quantitative estimate of drug-likeness (QED) is 0.524. The summed E-state index contributed by atoms with van der Waals surface area (Å²) in [6.45, 7) is 0.750. The van der Waals surface area contributed by atoms with Gasteiger partial charge in [0.15, 0.2) is 5.65 Å². The molecular formula is C21H19N5OS. The number of nitrogens with one attached hydrogen (secondary N) is 2. The fourth-order valence-corrected chi connectivity index (χ4v) is 4.44. The first-order valence-electron chi connectivity index (χ1n) is 9.24. The molecule has 1 aliphatic rings. The van der Waals surface area contributed by atoms with Crippen LogP contribution in [0.3, 0.4) is 0 Å². The molecule has 2 N–H and O–H groups in total. The molecule has 7 heteroatoms. The van der Waals surface area contributed by atoms with Gasteiger partial charge in [0.1, 0.15) is 5.39 Å². The largest absolute Gasteiger partial charge is 0.354 e. The number of aromatic amines is 1. The number of H-pyrrole nitrogens is 1. The number of benzene rings is 2. The molecule has 28 heavy (non-hydrogen) atoms. The molecule has 2 aromatic heterocycles. The van der Waals surface area contributed by atoms with E-state index in [9.17, 15) is 4.79 Å². The molecular weight excluding hydrogens is 370 g/mol. The van der Waals surface area contributed by atoms with Crippen LogP contribution in [0.1, 0.15) is 12.8 Å². The van der Waals surface area contributed by atoms with E-state index in [1.807, 2.05) is 48.2 Å². The average molecular weight is 389 g/mol. The van der Waals surface area contributed by atoms with Crippen LogP contribution in [-0.4, -0.2) is 31.0 Å². The van der Waals surface area contributed by atoms with Crippen LogP contribution in [0.4, 0.5) is 5.95 Å². The van der Waals surface area contributed by atoms with E-state index in [1.54, 1.807) is 10.9 Å². The standard InChI is InChI=1S/C21H19N5OS/c27-19-17-13-23-26(15-7-3-1-4-8-15)18(17)24-20(25-19)22-14-21(11-12-21)28-16-9-5-2-6-10-16/h1-10,13H,11-12,14H2,(H2,22,24,25,27). The number of rotatable bonds is 6. The van der Waals surface area contributed by atoms with Crippen molar-refractivity contribution in [3.05, 3.63) is 77.2 Å². The topological polar surface area (TPSA) is 75.6 Å². The van der Waals surface area contributed by atoms with Gasteiger partial charge in [-0.25, -0.2) is 4.68 Å². The molecule has 1 saturated carbocycles. The highest BCUT2D eigenvalue weighted by Gasteiger charge is 2.43. The molecule has 0 aliphatic heterocycles. The molecule has 0 saturated heterocycles. The lowest BCUT2D eigenvalue weighted by Gasteiger charge is -2.16. The van der Waals surface area contributed by atoms with Gasteiger partial charge in [0.25, 0.3) is 5.56 Å². The van der Waals surface area contributed by atoms with Crippen molar-refractivity contribution in [2.45, 2.75) is 22.5 Å². The average Bonchev–Trinajstić information content (AvgIpc) is 3.35. The lowest BCUT2D eigenvalue weighted by Crippen LogP contribution is -2.21. The molecule has 0 spiro atoms. The fourth-order valence-electron chi connectivity index (χ4n) is 3.20. The summed E-state index contributed by atoms with van der Waals surface area (Å²) in [7, 11) is 0. The number of fused-ring (bicyclic) bond motifs is 1. The zero-order valence-electron chi connectivity index (χ0n) is 15.1. The lowest BCUT2D eigenvalue weighted by atomic mass is 10.3. The van der Waals surface area contributed by atoms with E-state index in [0.717, 1.165) is 25.1 Å². The van der Waals surface area contributed by atoms with Crippen LogP contribution in [0.15, 0.2) is 76.6 Å². The van der Waals surface area contributed by atoms with E-state index < -0.39 is 0 Å². The van der Waals surface area contributed by atoms with E-state index >= 15 is 0 Å². The highest BCUT2D eigenvalue weighted by Crippen LogP contribution is 2.51. The summed E-state index contributed by atoms with van der Waals surface area (Å²) in [5.74, 6) is 0.482. The number of aromatic nitrogens is 4. The lowest BCUT2D eigenvalue weighted by molar-refractivity contribution is 0.887. The molecule has 2 aromatic carbocycles. The van der Waals surface area contributed by atoms with E-state index in [-0.39, 0.29) is 10.3 Å². The van der Waals surface area contributed by atoms with Crippen LogP contribution >= 0.6 is 11.8 Å². The number of nitrogens with zero attached hydrogens (tertiary/aromatic N) is 3. The van der Waals surface area contributed by atoms with Gasteiger partial charge in [-0.2, -0.15) is 10.1 Å². The van der Waals surface area contributed by atoms with Gasteiger partial charge in [0, 0.05) is 16.2 Å². The Hall–Kier alpha value is -3.06. The molecule has 6 nitrogen and oxygen atoms in total. The summed E-state index contributed by atoms with van der Waals surface area (Å²) in [6, 6.07) is 20.1. The third kappa shape index (κ3) is 3.29. The van der Waals surface area contributed by atoms with Crippen LogP contribution in [0.2, 0.25) is 0 Å². The van der Waals surface area contributed by atoms with Gasteiger partial charge in [0.2, 0.25) is 5.95 Å². The normalized spacial score (nSPS) is 14.9. The first kappa shape index (κ1) is 17.1. The van der Waals surface area contributed by atoms with Crippen molar-refractivity contribution in [1.29, 1.82) is 0 Å². The van der Waals surface area contributed by atoms with Crippen molar-refractivity contribution in [2.24, 2.45) is 0 Å². The van der Waals surface area contributed by atoms with Gasteiger partial charge in [0.05, 0.1) is 11.9 Å². The molecule has 1 fully saturated rings. The Morgan fingerprint density at radius 3 is 2.50 bits per heavy atom. The Morgan fingerprint density at radius 1 is 1.07 bits per heavy atom. The molecule has 0 radical (unpaired) electrons. The second-order valence-electron chi connectivity index (χ2n) is 7.00. The first-order chi connectivity index (χ1) is 13.7. The van der Waals surface area contributed by atoms with E-state index in [2.05, 4.69) is 44.6 Å². The van der Waals surface area contributed by atoms with Crippen LogP contribution in [0, 0.1) is 0 Å². The van der Waals surface area contributed by atoms with Crippen LogP contribution in [-0.2, 0) is 0 Å². The van der Waals surface area contributed by atoms with Crippen molar-refractivity contribution in [1.82, 2.24) is 19.7 Å². The third-order valence-electron chi connectivity index (χ3n) is 4.90. The summed E-state index contributed by atoms with van der Waals surface area (Å²) >= 11 is 1.89. The smallest absolute Gasteiger partial charge is 0.263 e. The monoisotopic (exact) mass is 389 g/mol. The summed E-state index contributed by atoms with van der Waals surface area (Å²) in [5, 5.41) is 8.17. The number of hydrogen-bond donors (Lipinski definition) is 2. The number of para-hydroxylation sites is 1. The predicted octanol–water partition coefficient (Wildman–Crippen LogP) is 3.85. The van der Waals surface area contributed by atoms with Gasteiger partial charge in [-0.1, -0.05) is 36.4 Å². The minimum absolute atomic E-state index is 0.161. The second kappa shape index (κ2) is 6.83. The highest BCUT2D eigenvalue weighted by molar-refractivity contribution is 8.01. The first-order valence-corrected chi connectivity index (χ1v) is 10.1. The summed E-state index contributed by atoms with van der Waals surface area (Å²) in [6.07, 6.45) is 3.85. The fraction of sp³-hybridized carbons (Fsp3) is 0.190. The zero-order chi connectivity index (χ0) is 19.0. The summed E-state index contributed by atoms with van der Waals surface area (Å²) in [5.41, 5.74) is 1.24. The number of hydrogen-bond acceptors (Lipinski definition) is 5. The SMILES string of the molecule is O=c1[nH]c(NCC2(Sc3ccccc3)CC2)nc2c1cnn2-c1ccccc1. The van der Waals surface area contributed by atoms with Crippen LogP contribution in [0.5, 0.6) is 0 Å². The molecule has 1 aliphatic carbocycles. The van der Waals surface area contributed by atoms with Gasteiger partial charge in [-0.15, -0.1) is 11.8 Å². The molecule has 0 unspecified atom stereocenters. The molecule has 2 heterocycles. The minimum atomic E-state index is -0.185. The van der Waals surface area contributed by atoms with Gasteiger partial charge >= 0.3 is 0 Å².